The molecule has 1 atom stereocenters. The molecular formula is C27H28N2O5. The highest BCUT2D eigenvalue weighted by Gasteiger charge is 2.46. The van der Waals surface area contributed by atoms with Gasteiger partial charge in [0.25, 0.3) is 11.7 Å². The number of aliphatic hydroxyl groups is 1. The van der Waals surface area contributed by atoms with E-state index in [-0.39, 0.29) is 24.0 Å². The fraction of sp³-hybridized carbons (Fsp3) is 0.259. The van der Waals surface area contributed by atoms with Crippen molar-refractivity contribution in [3.63, 3.8) is 0 Å². The lowest BCUT2D eigenvalue weighted by molar-refractivity contribution is -0.140. The van der Waals surface area contributed by atoms with Gasteiger partial charge in [-0.3, -0.25) is 9.59 Å². The number of carbonyl (C=O) groups is 2. The maximum atomic E-state index is 13.2. The topological polar surface area (TPSA) is 83.2 Å². The lowest BCUT2D eigenvalue weighted by Crippen LogP contribution is -2.29. The standard InChI is InChI=1S/C27H28N2O5/c1-17(2)34-21-8-5-7-19(15-21)25(30)23-24(18-10-12-20(13-11-18)28(3)4)29(27(32)26(23)31)16-22-9-6-14-33-22/h5-15,17,24,30H,16H2,1-4H3/b25-23-. The summed E-state index contributed by atoms with van der Waals surface area (Å²) in [6.07, 6.45) is 1.47. The average Bonchev–Trinajstić information content (AvgIpc) is 3.41. The van der Waals surface area contributed by atoms with Gasteiger partial charge in [-0.25, -0.2) is 0 Å². The summed E-state index contributed by atoms with van der Waals surface area (Å²) in [4.78, 5) is 29.7. The molecule has 1 aliphatic heterocycles. The fourth-order valence-electron chi connectivity index (χ4n) is 4.06. The molecule has 2 aromatic carbocycles. The predicted molar refractivity (Wildman–Crippen MR) is 130 cm³/mol. The van der Waals surface area contributed by atoms with Crippen molar-refractivity contribution in [1.82, 2.24) is 4.90 Å². The highest BCUT2D eigenvalue weighted by molar-refractivity contribution is 6.46. The molecule has 2 heterocycles. The first-order valence-electron chi connectivity index (χ1n) is 11.1. The summed E-state index contributed by atoms with van der Waals surface area (Å²) >= 11 is 0. The van der Waals surface area contributed by atoms with Gasteiger partial charge in [0.15, 0.2) is 0 Å². The summed E-state index contributed by atoms with van der Waals surface area (Å²) in [6, 6.07) is 17.2. The number of aliphatic hydroxyl groups excluding tert-OH is 1. The first-order chi connectivity index (χ1) is 16.3. The van der Waals surface area contributed by atoms with Crippen molar-refractivity contribution >= 4 is 23.1 Å². The van der Waals surface area contributed by atoms with Crippen molar-refractivity contribution in [2.75, 3.05) is 19.0 Å². The van der Waals surface area contributed by atoms with Gasteiger partial charge in [0.1, 0.15) is 17.3 Å². The van der Waals surface area contributed by atoms with E-state index in [9.17, 15) is 14.7 Å². The predicted octanol–water partition coefficient (Wildman–Crippen LogP) is 4.75. The van der Waals surface area contributed by atoms with Crippen LogP contribution in [0.4, 0.5) is 5.69 Å². The third-order valence-electron chi connectivity index (χ3n) is 5.65. The molecule has 1 aromatic heterocycles. The zero-order valence-corrected chi connectivity index (χ0v) is 19.7. The summed E-state index contributed by atoms with van der Waals surface area (Å²) < 4.78 is 11.2. The van der Waals surface area contributed by atoms with Gasteiger partial charge >= 0.3 is 0 Å². The number of nitrogens with zero attached hydrogens (tertiary/aromatic N) is 2. The van der Waals surface area contributed by atoms with Crippen molar-refractivity contribution in [3.8, 4) is 5.75 Å². The van der Waals surface area contributed by atoms with E-state index >= 15 is 0 Å². The summed E-state index contributed by atoms with van der Waals surface area (Å²) in [7, 11) is 3.87. The zero-order valence-electron chi connectivity index (χ0n) is 19.7. The van der Waals surface area contributed by atoms with Gasteiger partial charge in [-0.15, -0.1) is 0 Å². The van der Waals surface area contributed by atoms with Crippen LogP contribution in [-0.2, 0) is 16.1 Å². The molecule has 7 heteroatoms. The molecule has 1 unspecified atom stereocenters. The fourth-order valence-corrected chi connectivity index (χ4v) is 4.06. The van der Waals surface area contributed by atoms with Crippen LogP contribution in [-0.4, -0.2) is 41.9 Å². The van der Waals surface area contributed by atoms with E-state index in [0.717, 1.165) is 5.69 Å². The van der Waals surface area contributed by atoms with E-state index in [1.54, 1.807) is 36.4 Å². The number of rotatable bonds is 7. The second-order valence-corrected chi connectivity index (χ2v) is 8.69. The van der Waals surface area contributed by atoms with Gasteiger partial charge in [-0.1, -0.05) is 24.3 Å². The van der Waals surface area contributed by atoms with Crippen LogP contribution in [0, 0.1) is 0 Å². The van der Waals surface area contributed by atoms with Crippen LogP contribution in [0.5, 0.6) is 5.75 Å². The Hall–Kier alpha value is -4.00. The van der Waals surface area contributed by atoms with Crippen molar-refractivity contribution in [1.29, 1.82) is 0 Å². The third kappa shape index (κ3) is 4.55. The molecule has 0 saturated carbocycles. The van der Waals surface area contributed by atoms with E-state index in [2.05, 4.69) is 0 Å². The number of furan rings is 1. The Morgan fingerprint density at radius 2 is 1.82 bits per heavy atom. The van der Waals surface area contributed by atoms with Gasteiger partial charge < -0.3 is 24.1 Å². The van der Waals surface area contributed by atoms with Gasteiger partial charge in [-0.2, -0.15) is 0 Å². The molecule has 4 rings (SSSR count). The molecule has 1 fully saturated rings. The zero-order chi connectivity index (χ0) is 24.4. The van der Waals surface area contributed by atoms with Crippen LogP contribution in [0.1, 0.15) is 36.8 Å². The SMILES string of the molecule is CC(C)Oc1cccc(/C(O)=C2/C(=O)C(=O)N(Cc3ccco3)C2c2ccc(N(C)C)cc2)c1. The molecule has 176 valence electrons. The van der Waals surface area contributed by atoms with Crippen LogP contribution in [0.2, 0.25) is 0 Å². The Kier molecular flexibility index (Phi) is 6.45. The molecule has 0 bridgehead atoms. The van der Waals surface area contributed by atoms with E-state index < -0.39 is 17.7 Å². The van der Waals surface area contributed by atoms with E-state index in [1.165, 1.54) is 11.2 Å². The summed E-state index contributed by atoms with van der Waals surface area (Å²) in [5.41, 5.74) is 2.14. The number of anilines is 1. The van der Waals surface area contributed by atoms with Crippen LogP contribution >= 0.6 is 0 Å². The number of Topliss-reactive ketones (excluding diaryl/α,β-unsaturated/α-hetero) is 1. The molecule has 0 radical (unpaired) electrons. The van der Waals surface area contributed by atoms with Crippen molar-refractivity contribution in [2.24, 2.45) is 0 Å². The number of ether oxygens (including phenoxy) is 1. The normalized spacial score (nSPS) is 17.4. The minimum atomic E-state index is -0.768. The molecule has 1 aliphatic rings. The third-order valence-corrected chi connectivity index (χ3v) is 5.65. The average molecular weight is 461 g/mol. The van der Waals surface area contributed by atoms with Crippen molar-refractivity contribution in [2.45, 2.75) is 32.5 Å². The van der Waals surface area contributed by atoms with Gasteiger partial charge in [0, 0.05) is 25.3 Å². The number of benzene rings is 2. The molecule has 1 saturated heterocycles. The molecule has 34 heavy (non-hydrogen) atoms. The Bertz CT molecular complexity index is 1210. The smallest absolute Gasteiger partial charge is 0.296 e. The second-order valence-electron chi connectivity index (χ2n) is 8.69. The quantitative estimate of drug-likeness (QED) is 0.311. The molecule has 0 aliphatic carbocycles. The van der Waals surface area contributed by atoms with Crippen LogP contribution in [0.15, 0.2) is 76.9 Å². The van der Waals surface area contributed by atoms with E-state index in [1.807, 2.05) is 57.1 Å². The lowest BCUT2D eigenvalue weighted by atomic mass is 9.95. The summed E-state index contributed by atoms with van der Waals surface area (Å²) in [5, 5.41) is 11.3. The van der Waals surface area contributed by atoms with Crippen LogP contribution in [0.3, 0.4) is 0 Å². The Labute approximate surface area is 198 Å². The van der Waals surface area contributed by atoms with Crippen molar-refractivity contribution in [3.05, 3.63) is 89.4 Å². The van der Waals surface area contributed by atoms with Gasteiger partial charge in [-0.05, 0) is 55.8 Å². The van der Waals surface area contributed by atoms with Crippen molar-refractivity contribution < 1.29 is 23.8 Å². The summed E-state index contributed by atoms with van der Waals surface area (Å²) in [5.74, 6) is -0.550. The minimum absolute atomic E-state index is 0.0378. The molecular weight excluding hydrogens is 432 g/mol. The highest BCUT2D eigenvalue weighted by atomic mass is 16.5. The molecule has 7 nitrogen and oxygen atoms in total. The van der Waals surface area contributed by atoms with Gasteiger partial charge in [0.2, 0.25) is 0 Å². The first-order valence-corrected chi connectivity index (χ1v) is 11.1. The number of hydrogen-bond acceptors (Lipinski definition) is 6. The Balaban J connectivity index is 1.83. The second kappa shape index (κ2) is 9.47. The minimum Gasteiger partial charge on any atom is -0.507 e. The highest BCUT2D eigenvalue weighted by Crippen LogP contribution is 2.41. The molecule has 1 amide bonds. The lowest BCUT2D eigenvalue weighted by Gasteiger charge is -2.25. The monoisotopic (exact) mass is 460 g/mol. The summed E-state index contributed by atoms with van der Waals surface area (Å²) in [6.45, 7) is 3.92. The van der Waals surface area contributed by atoms with Crippen LogP contribution in [0.25, 0.3) is 5.76 Å². The Morgan fingerprint density at radius 3 is 2.44 bits per heavy atom. The first kappa shape index (κ1) is 23.2. The molecule has 3 aromatic rings. The maximum absolute atomic E-state index is 13.2. The number of amides is 1. The largest absolute Gasteiger partial charge is 0.507 e. The number of hydrogen-bond donors (Lipinski definition) is 1. The van der Waals surface area contributed by atoms with E-state index in [4.69, 9.17) is 9.15 Å². The van der Waals surface area contributed by atoms with Crippen LogP contribution < -0.4 is 9.64 Å². The van der Waals surface area contributed by atoms with E-state index in [0.29, 0.717) is 22.6 Å². The van der Waals surface area contributed by atoms with Gasteiger partial charge in [0.05, 0.1) is 30.5 Å². The molecule has 0 spiro atoms. The molecule has 1 N–H and O–H groups in total. The maximum Gasteiger partial charge on any atom is 0.296 e. The number of likely N-dealkylation sites (tertiary alicyclic amines) is 1. The Morgan fingerprint density at radius 1 is 1.09 bits per heavy atom. The number of carbonyl (C=O) groups excluding carboxylic acids is 2. The number of ketones is 1.